The van der Waals surface area contributed by atoms with Crippen molar-refractivity contribution >= 4 is 84.9 Å². The minimum absolute atomic E-state index is 0.0471. The molecule has 1 aliphatic heterocycles. The molecule has 0 saturated carbocycles. The molecule has 2 aromatic heterocycles. The van der Waals surface area contributed by atoms with Crippen LogP contribution in [0.4, 0.5) is 5.69 Å². The molecule has 1 aliphatic rings. The van der Waals surface area contributed by atoms with Crippen LogP contribution in [-0.2, 0) is 10.3 Å². The summed E-state index contributed by atoms with van der Waals surface area (Å²) in [4.78, 5) is 19.5. The zero-order valence-corrected chi connectivity index (χ0v) is 22.2. The number of aromatic nitrogens is 2. The van der Waals surface area contributed by atoms with E-state index >= 15 is 0 Å². The maximum atomic E-state index is 13.3. The number of nitrogens with zero attached hydrogens (tertiary/aromatic N) is 3. The summed E-state index contributed by atoms with van der Waals surface area (Å²) in [5.74, 6) is -0.0471. The number of rotatable bonds is 2. The number of fused-ring (bicyclic) bond motifs is 5. The summed E-state index contributed by atoms with van der Waals surface area (Å²) in [6.07, 6.45) is 5.69. The van der Waals surface area contributed by atoms with Crippen molar-refractivity contribution in [3.05, 3.63) is 88.9 Å². The number of aryl methyl sites for hydroxylation is 2. The smallest absolute Gasteiger partial charge is 0.216 e. The van der Waals surface area contributed by atoms with Gasteiger partial charge in [-0.25, -0.2) is 0 Å². The van der Waals surface area contributed by atoms with E-state index in [1.54, 1.807) is 18.2 Å². The molecule has 6 rings (SSSR count). The van der Waals surface area contributed by atoms with E-state index in [0.717, 1.165) is 23.2 Å². The fraction of sp³-hybridized carbons (Fsp3) is 0.172. The normalized spacial score (nSPS) is 15.1. The molecule has 3 heterocycles. The average Bonchev–Trinajstić information content (AvgIpc) is 3.30. The average molecular weight is 535 g/mol. The van der Waals surface area contributed by atoms with Gasteiger partial charge in [0.05, 0.1) is 16.9 Å². The van der Waals surface area contributed by atoms with Gasteiger partial charge in [-0.3, -0.25) is 9.78 Å². The van der Waals surface area contributed by atoms with Crippen molar-refractivity contribution in [3.8, 4) is 0 Å². The van der Waals surface area contributed by atoms with Gasteiger partial charge in [-0.05, 0) is 72.8 Å². The van der Waals surface area contributed by atoms with Gasteiger partial charge in [-0.2, -0.15) is 0 Å². The van der Waals surface area contributed by atoms with Crippen LogP contribution in [0.15, 0.2) is 66.6 Å². The molecule has 3 aromatic carbocycles. The number of alkyl halides is 3. The maximum absolute atomic E-state index is 13.3. The van der Waals surface area contributed by atoms with Gasteiger partial charge in [0.25, 0.3) is 0 Å². The third-order valence-corrected chi connectivity index (χ3v) is 7.85. The van der Waals surface area contributed by atoms with Gasteiger partial charge in [0, 0.05) is 58.8 Å². The summed E-state index contributed by atoms with van der Waals surface area (Å²) in [5, 5.41) is 4.73. The molecule has 0 N–H and O–H groups in total. The number of likely N-dealkylation sites (N-methyl/N-ethyl adjacent to an activating group) is 1. The van der Waals surface area contributed by atoms with Crippen LogP contribution < -0.4 is 4.90 Å². The van der Waals surface area contributed by atoms with Gasteiger partial charge in [0.1, 0.15) is 0 Å². The van der Waals surface area contributed by atoms with Crippen LogP contribution >= 0.6 is 34.8 Å². The highest BCUT2D eigenvalue weighted by atomic mass is 35.6. The van der Waals surface area contributed by atoms with E-state index in [0.29, 0.717) is 16.8 Å². The predicted octanol–water partition coefficient (Wildman–Crippen LogP) is 8.17. The van der Waals surface area contributed by atoms with Crippen LogP contribution in [-0.4, -0.2) is 22.4 Å². The van der Waals surface area contributed by atoms with Gasteiger partial charge < -0.3 is 9.47 Å². The first-order valence-electron chi connectivity index (χ1n) is 11.7. The van der Waals surface area contributed by atoms with Crippen molar-refractivity contribution in [2.45, 2.75) is 24.2 Å². The molecule has 7 heteroatoms. The Morgan fingerprint density at radius 2 is 1.81 bits per heavy atom. The van der Waals surface area contributed by atoms with Crippen LogP contribution in [0.1, 0.15) is 34.0 Å². The van der Waals surface area contributed by atoms with Crippen LogP contribution in [0, 0.1) is 6.92 Å². The second kappa shape index (κ2) is 8.24. The van der Waals surface area contributed by atoms with Crippen molar-refractivity contribution in [2.75, 3.05) is 11.9 Å². The fourth-order valence-electron chi connectivity index (χ4n) is 5.43. The van der Waals surface area contributed by atoms with Gasteiger partial charge in [-0.15, -0.1) is 0 Å². The van der Waals surface area contributed by atoms with E-state index < -0.39 is 3.79 Å². The Balaban J connectivity index is 1.53. The second-order valence-electron chi connectivity index (χ2n) is 9.16. The van der Waals surface area contributed by atoms with E-state index in [1.165, 1.54) is 32.8 Å². The maximum Gasteiger partial charge on any atom is 0.216 e. The number of carbonyl (C=O) groups is 1. The van der Waals surface area contributed by atoms with Crippen molar-refractivity contribution in [1.82, 2.24) is 9.55 Å². The fourth-order valence-corrected chi connectivity index (χ4v) is 5.78. The van der Waals surface area contributed by atoms with E-state index in [1.807, 2.05) is 30.4 Å². The number of anilines is 1. The van der Waals surface area contributed by atoms with Crippen molar-refractivity contribution < 1.29 is 4.79 Å². The van der Waals surface area contributed by atoms with Crippen LogP contribution in [0.5, 0.6) is 0 Å². The number of hydrogen-bond acceptors (Lipinski definition) is 3. The lowest BCUT2D eigenvalue weighted by atomic mass is 10.00. The summed E-state index contributed by atoms with van der Waals surface area (Å²) >= 11 is 18.3. The molecule has 0 amide bonds. The lowest BCUT2D eigenvalue weighted by Gasteiger charge is -2.17. The van der Waals surface area contributed by atoms with Gasteiger partial charge in [0.2, 0.25) is 9.58 Å². The lowest BCUT2D eigenvalue weighted by molar-refractivity contribution is 0.104. The van der Waals surface area contributed by atoms with E-state index in [4.69, 9.17) is 34.8 Å². The quantitative estimate of drug-likeness (QED) is 0.169. The molecular weight excluding hydrogens is 513 g/mol. The number of Topliss-reactive ketones (excluding diaryl/α,β-unsaturated/α-hetero) is 1. The molecule has 0 radical (unpaired) electrons. The van der Waals surface area contributed by atoms with Crippen LogP contribution in [0.25, 0.3) is 38.7 Å². The predicted molar refractivity (Wildman–Crippen MR) is 152 cm³/mol. The number of ketones is 1. The summed E-state index contributed by atoms with van der Waals surface area (Å²) < 4.78 is 0.782. The minimum atomic E-state index is -1.55. The highest BCUT2D eigenvalue weighted by molar-refractivity contribution is 6.66. The monoisotopic (exact) mass is 533 g/mol. The third-order valence-electron chi connectivity index (χ3n) is 7.20. The van der Waals surface area contributed by atoms with E-state index in [2.05, 4.69) is 53.7 Å². The highest BCUT2D eigenvalue weighted by Crippen LogP contribution is 2.43. The van der Waals surface area contributed by atoms with E-state index in [-0.39, 0.29) is 5.78 Å². The molecular formula is C29H22Cl3N3O. The van der Waals surface area contributed by atoms with Crippen LogP contribution in [0.3, 0.4) is 0 Å². The molecule has 0 fully saturated rings. The number of pyridine rings is 1. The topological polar surface area (TPSA) is 38.1 Å². The number of benzene rings is 3. The first-order chi connectivity index (χ1) is 17.2. The SMILES string of the molecule is CCn1c2ccc(C=C3C(=O)c4ccc(C(Cl)(Cl)Cl)cc4N3C)cc2c2c(C)c3ccncc3cc21. The summed E-state index contributed by atoms with van der Waals surface area (Å²) in [5.41, 5.74) is 6.98. The molecule has 180 valence electrons. The van der Waals surface area contributed by atoms with Crippen molar-refractivity contribution in [1.29, 1.82) is 0 Å². The highest BCUT2D eigenvalue weighted by Gasteiger charge is 2.32. The third kappa shape index (κ3) is 3.43. The molecule has 36 heavy (non-hydrogen) atoms. The standard InChI is InChI=1S/C29H22Cl3N3O/c1-4-35-23-8-5-17(11-22(23)27-16(2)20-9-10-33-15-18(20)13-25(27)35)12-26-28(36)21-7-6-19(29(30,31)32)14-24(21)34(26)3/h5-15H,4H2,1-3H3. The second-order valence-corrected chi connectivity index (χ2v) is 11.4. The molecule has 0 atom stereocenters. The number of carbonyl (C=O) groups excluding carboxylic acids is 1. The minimum Gasteiger partial charge on any atom is -0.341 e. The molecule has 0 spiro atoms. The first-order valence-corrected chi connectivity index (χ1v) is 12.8. The summed E-state index contributed by atoms with van der Waals surface area (Å²) in [7, 11) is 1.86. The number of halogens is 3. The Morgan fingerprint density at radius 3 is 2.56 bits per heavy atom. The number of hydrogen-bond donors (Lipinski definition) is 0. The van der Waals surface area contributed by atoms with Crippen molar-refractivity contribution in [2.24, 2.45) is 0 Å². The zero-order chi connectivity index (χ0) is 25.4. The Morgan fingerprint density at radius 1 is 1.00 bits per heavy atom. The van der Waals surface area contributed by atoms with Gasteiger partial charge in [-0.1, -0.05) is 46.9 Å². The van der Waals surface area contributed by atoms with E-state index in [9.17, 15) is 4.79 Å². The molecule has 0 aliphatic carbocycles. The Bertz CT molecular complexity index is 1760. The largest absolute Gasteiger partial charge is 0.341 e. The molecule has 5 aromatic rings. The van der Waals surface area contributed by atoms with Gasteiger partial charge in [0.15, 0.2) is 0 Å². The Kier molecular flexibility index (Phi) is 5.34. The molecule has 0 unspecified atom stereocenters. The number of allylic oxidation sites excluding steroid dienone is 1. The molecule has 0 bridgehead atoms. The van der Waals surface area contributed by atoms with Gasteiger partial charge >= 0.3 is 0 Å². The molecule has 4 nitrogen and oxygen atoms in total. The lowest BCUT2D eigenvalue weighted by Crippen LogP contribution is -2.14. The zero-order valence-electron chi connectivity index (χ0n) is 19.9. The Hall–Kier alpha value is -3.05. The van der Waals surface area contributed by atoms with Crippen molar-refractivity contribution in [3.63, 3.8) is 0 Å². The summed E-state index contributed by atoms with van der Waals surface area (Å²) in [6.45, 7) is 5.18. The Labute approximate surface area is 223 Å². The first kappa shape index (κ1) is 23.4. The molecule has 0 saturated heterocycles. The van der Waals surface area contributed by atoms with Crippen LogP contribution in [0.2, 0.25) is 0 Å². The summed E-state index contributed by atoms with van der Waals surface area (Å²) in [6, 6.07) is 15.9.